The van der Waals surface area contributed by atoms with E-state index in [1.807, 2.05) is 6.92 Å². The van der Waals surface area contributed by atoms with Gasteiger partial charge in [0, 0.05) is 13.0 Å². The van der Waals surface area contributed by atoms with Crippen LogP contribution in [-0.4, -0.2) is 51.0 Å². The van der Waals surface area contributed by atoms with Crippen molar-refractivity contribution < 1.29 is 9.59 Å². The number of carbonyl (C=O) groups is 2. The fourth-order valence-electron chi connectivity index (χ4n) is 2.06. The molecule has 0 radical (unpaired) electrons. The zero-order valence-electron chi connectivity index (χ0n) is 10.3. The van der Waals surface area contributed by atoms with Gasteiger partial charge in [-0.25, -0.2) is 4.98 Å². The van der Waals surface area contributed by atoms with E-state index in [0.717, 1.165) is 18.7 Å². The number of nitrogens with one attached hydrogen (secondary N) is 2. The second-order valence-electron chi connectivity index (χ2n) is 4.22. The van der Waals surface area contributed by atoms with Crippen LogP contribution >= 0.6 is 0 Å². The average molecular weight is 251 g/mol. The van der Waals surface area contributed by atoms with E-state index >= 15 is 0 Å². The van der Waals surface area contributed by atoms with E-state index < -0.39 is 0 Å². The van der Waals surface area contributed by atoms with Crippen molar-refractivity contribution in [1.82, 2.24) is 25.4 Å². The summed E-state index contributed by atoms with van der Waals surface area (Å²) in [5.74, 6) is 0.637. The van der Waals surface area contributed by atoms with Crippen molar-refractivity contribution in [3.8, 4) is 0 Å². The molecule has 0 bridgehead atoms. The Morgan fingerprint density at radius 1 is 1.56 bits per heavy atom. The van der Waals surface area contributed by atoms with Crippen LogP contribution in [0.1, 0.15) is 25.6 Å². The Hall–Kier alpha value is -1.76. The second-order valence-corrected chi connectivity index (χ2v) is 4.22. The van der Waals surface area contributed by atoms with Crippen LogP contribution in [0.5, 0.6) is 0 Å². The fraction of sp³-hybridized carbons (Fsp3) is 0.636. The highest BCUT2D eigenvalue weighted by Gasteiger charge is 2.36. The van der Waals surface area contributed by atoms with Gasteiger partial charge in [0.05, 0.1) is 12.5 Å². The minimum Gasteiger partial charge on any atom is -0.305 e. The average Bonchev–Trinajstić information content (AvgIpc) is 2.94. The molecule has 18 heavy (non-hydrogen) atoms. The summed E-state index contributed by atoms with van der Waals surface area (Å²) in [6.45, 7) is 2.94. The van der Waals surface area contributed by atoms with Gasteiger partial charge in [-0.15, -0.1) is 0 Å². The lowest BCUT2D eigenvalue weighted by Crippen LogP contribution is -2.39. The SMILES string of the molecule is CCN1C(=O)CC(NCCCc2ncn[nH]2)C1=O. The number of amides is 2. The topological polar surface area (TPSA) is 91.0 Å². The number of aromatic amines is 1. The van der Waals surface area contributed by atoms with E-state index in [2.05, 4.69) is 20.5 Å². The molecule has 1 aromatic rings. The first-order valence-electron chi connectivity index (χ1n) is 6.14. The van der Waals surface area contributed by atoms with E-state index in [4.69, 9.17) is 0 Å². The van der Waals surface area contributed by atoms with E-state index in [-0.39, 0.29) is 24.3 Å². The van der Waals surface area contributed by atoms with Crippen molar-refractivity contribution >= 4 is 11.8 Å². The zero-order chi connectivity index (χ0) is 13.0. The predicted octanol–water partition coefficient (Wildman–Crippen LogP) is -0.526. The molecule has 1 unspecified atom stereocenters. The monoisotopic (exact) mass is 251 g/mol. The molecule has 1 aliphatic rings. The van der Waals surface area contributed by atoms with Crippen LogP contribution in [0.2, 0.25) is 0 Å². The summed E-state index contributed by atoms with van der Waals surface area (Å²) in [6, 6.07) is -0.354. The number of rotatable bonds is 6. The second kappa shape index (κ2) is 5.72. The Balaban J connectivity index is 1.71. The number of carbonyl (C=O) groups excluding carboxylic acids is 2. The molecule has 0 aromatic carbocycles. The molecule has 1 aliphatic heterocycles. The van der Waals surface area contributed by atoms with E-state index in [0.29, 0.717) is 13.1 Å². The van der Waals surface area contributed by atoms with Crippen molar-refractivity contribution in [1.29, 1.82) is 0 Å². The van der Waals surface area contributed by atoms with Gasteiger partial charge in [-0.3, -0.25) is 19.6 Å². The molecule has 0 saturated carbocycles. The van der Waals surface area contributed by atoms with E-state index in [1.165, 1.54) is 11.2 Å². The molecule has 2 amide bonds. The number of aromatic nitrogens is 3. The van der Waals surface area contributed by atoms with Gasteiger partial charge in [-0.05, 0) is 19.9 Å². The minimum atomic E-state index is -0.354. The zero-order valence-corrected chi connectivity index (χ0v) is 10.3. The molecule has 1 saturated heterocycles. The molecular weight excluding hydrogens is 234 g/mol. The van der Waals surface area contributed by atoms with Gasteiger partial charge in [0.2, 0.25) is 11.8 Å². The van der Waals surface area contributed by atoms with Crippen LogP contribution in [0, 0.1) is 0 Å². The lowest BCUT2D eigenvalue weighted by Gasteiger charge is -2.12. The third-order valence-electron chi connectivity index (χ3n) is 3.01. The van der Waals surface area contributed by atoms with Gasteiger partial charge >= 0.3 is 0 Å². The number of likely N-dealkylation sites (N-methyl/N-ethyl adjacent to an activating group) is 1. The van der Waals surface area contributed by atoms with Crippen LogP contribution in [0.25, 0.3) is 0 Å². The lowest BCUT2D eigenvalue weighted by atomic mass is 10.2. The van der Waals surface area contributed by atoms with Gasteiger partial charge in [-0.1, -0.05) is 0 Å². The number of imide groups is 1. The van der Waals surface area contributed by atoms with Gasteiger partial charge in [0.15, 0.2) is 0 Å². The molecule has 1 aromatic heterocycles. The Labute approximate surface area is 105 Å². The van der Waals surface area contributed by atoms with Crippen molar-refractivity contribution in [2.45, 2.75) is 32.2 Å². The molecule has 1 atom stereocenters. The maximum absolute atomic E-state index is 11.8. The van der Waals surface area contributed by atoms with Gasteiger partial charge in [-0.2, -0.15) is 5.10 Å². The first-order chi connectivity index (χ1) is 8.72. The van der Waals surface area contributed by atoms with Crippen LogP contribution < -0.4 is 5.32 Å². The maximum Gasteiger partial charge on any atom is 0.246 e. The summed E-state index contributed by atoms with van der Waals surface area (Å²) in [5, 5.41) is 9.65. The van der Waals surface area contributed by atoms with E-state index in [1.54, 1.807) is 0 Å². The Morgan fingerprint density at radius 2 is 2.39 bits per heavy atom. The van der Waals surface area contributed by atoms with Crippen LogP contribution in [0.4, 0.5) is 0 Å². The number of aryl methyl sites for hydroxylation is 1. The summed E-state index contributed by atoms with van der Waals surface area (Å²) >= 11 is 0. The quantitative estimate of drug-likeness (QED) is 0.524. The first-order valence-corrected chi connectivity index (χ1v) is 6.14. The normalized spacial score (nSPS) is 19.8. The third-order valence-corrected chi connectivity index (χ3v) is 3.01. The number of likely N-dealkylation sites (tertiary alicyclic amines) is 1. The molecule has 98 valence electrons. The lowest BCUT2D eigenvalue weighted by molar-refractivity contribution is -0.138. The van der Waals surface area contributed by atoms with Crippen LogP contribution in [-0.2, 0) is 16.0 Å². The molecule has 0 spiro atoms. The first kappa shape index (κ1) is 12.7. The Morgan fingerprint density at radius 3 is 3.00 bits per heavy atom. The van der Waals surface area contributed by atoms with Crippen molar-refractivity contribution in [3.63, 3.8) is 0 Å². The van der Waals surface area contributed by atoms with E-state index in [9.17, 15) is 9.59 Å². The molecule has 7 heteroatoms. The number of H-pyrrole nitrogens is 1. The summed E-state index contributed by atoms with van der Waals surface area (Å²) in [5.41, 5.74) is 0. The predicted molar refractivity (Wildman–Crippen MR) is 63.5 cm³/mol. The van der Waals surface area contributed by atoms with Crippen molar-refractivity contribution in [2.24, 2.45) is 0 Å². The number of nitrogens with zero attached hydrogens (tertiary/aromatic N) is 3. The summed E-state index contributed by atoms with van der Waals surface area (Å²) < 4.78 is 0. The van der Waals surface area contributed by atoms with Crippen molar-refractivity contribution in [3.05, 3.63) is 12.2 Å². The molecular formula is C11H17N5O2. The summed E-state index contributed by atoms with van der Waals surface area (Å²) in [4.78, 5) is 28.6. The smallest absolute Gasteiger partial charge is 0.246 e. The maximum atomic E-state index is 11.8. The molecule has 2 heterocycles. The molecule has 2 rings (SSSR count). The molecule has 1 fully saturated rings. The third kappa shape index (κ3) is 2.73. The summed E-state index contributed by atoms with van der Waals surface area (Å²) in [6.07, 6.45) is 3.37. The minimum absolute atomic E-state index is 0.0877. The van der Waals surface area contributed by atoms with Crippen LogP contribution in [0.15, 0.2) is 6.33 Å². The van der Waals surface area contributed by atoms with Crippen LogP contribution in [0.3, 0.4) is 0 Å². The largest absolute Gasteiger partial charge is 0.305 e. The Kier molecular flexibility index (Phi) is 4.03. The standard InChI is InChI=1S/C11H17N5O2/c1-2-16-10(17)6-8(11(16)18)12-5-3-4-9-13-7-14-15-9/h7-8,12H,2-6H2,1H3,(H,13,14,15). The molecule has 0 aliphatic carbocycles. The van der Waals surface area contributed by atoms with Gasteiger partial charge in [0.1, 0.15) is 12.2 Å². The molecule has 2 N–H and O–H groups in total. The highest BCUT2D eigenvalue weighted by atomic mass is 16.2. The van der Waals surface area contributed by atoms with Gasteiger partial charge in [0.25, 0.3) is 0 Å². The van der Waals surface area contributed by atoms with Crippen molar-refractivity contribution in [2.75, 3.05) is 13.1 Å². The summed E-state index contributed by atoms with van der Waals surface area (Å²) in [7, 11) is 0. The number of hydrogen-bond acceptors (Lipinski definition) is 5. The highest BCUT2D eigenvalue weighted by molar-refractivity contribution is 6.05. The molecule has 7 nitrogen and oxygen atoms in total. The highest BCUT2D eigenvalue weighted by Crippen LogP contribution is 2.12. The van der Waals surface area contributed by atoms with Gasteiger partial charge < -0.3 is 5.32 Å². The number of hydrogen-bond donors (Lipinski definition) is 2. The fourth-order valence-corrected chi connectivity index (χ4v) is 2.06. The Bertz CT molecular complexity index is 417.